The van der Waals surface area contributed by atoms with Crippen molar-refractivity contribution in [2.24, 2.45) is 0 Å². The molecule has 0 amide bonds. The van der Waals surface area contributed by atoms with Gasteiger partial charge in [-0.2, -0.15) is 0 Å². The monoisotopic (exact) mass is 221 g/mol. The van der Waals surface area contributed by atoms with Gasteiger partial charge in [0.15, 0.2) is 0 Å². The SMILES string of the molecule is CCCCCCCCOc1cccc(N)c1. The van der Waals surface area contributed by atoms with E-state index in [0.29, 0.717) is 0 Å². The molecule has 0 spiro atoms. The van der Waals surface area contributed by atoms with Crippen LogP contribution in [0, 0.1) is 0 Å². The first-order valence-corrected chi connectivity index (χ1v) is 6.31. The molecule has 0 saturated heterocycles. The molecule has 1 aromatic carbocycles. The highest BCUT2D eigenvalue weighted by Crippen LogP contribution is 2.15. The zero-order valence-corrected chi connectivity index (χ0v) is 10.2. The summed E-state index contributed by atoms with van der Waals surface area (Å²) in [6.45, 7) is 3.04. The molecule has 0 fully saturated rings. The van der Waals surface area contributed by atoms with Crippen LogP contribution in [0.1, 0.15) is 45.4 Å². The highest BCUT2D eigenvalue weighted by molar-refractivity contribution is 5.43. The smallest absolute Gasteiger partial charge is 0.121 e. The molecule has 16 heavy (non-hydrogen) atoms. The average molecular weight is 221 g/mol. The minimum absolute atomic E-state index is 0.764. The normalized spacial score (nSPS) is 10.3. The number of rotatable bonds is 8. The number of unbranched alkanes of at least 4 members (excludes halogenated alkanes) is 5. The molecule has 90 valence electrons. The van der Waals surface area contributed by atoms with E-state index in [1.165, 1.54) is 32.1 Å². The number of nitrogen functional groups attached to an aromatic ring is 1. The lowest BCUT2D eigenvalue weighted by atomic mass is 10.1. The maximum absolute atomic E-state index is 5.66. The molecular formula is C14H23NO. The highest BCUT2D eigenvalue weighted by atomic mass is 16.5. The predicted molar refractivity (Wildman–Crippen MR) is 69.7 cm³/mol. The molecule has 0 aliphatic rings. The molecule has 2 heteroatoms. The van der Waals surface area contributed by atoms with E-state index in [4.69, 9.17) is 10.5 Å². The number of anilines is 1. The summed E-state index contributed by atoms with van der Waals surface area (Å²) in [5.41, 5.74) is 6.43. The maximum Gasteiger partial charge on any atom is 0.121 e. The van der Waals surface area contributed by atoms with E-state index in [2.05, 4.69) is 6.92 Å². The molecular weight excluding hydrogens is 198 g/mol. The van der Waals surface area contributed by atoms with Crippen LogP contribution in [0.5, 0.6) is 5.75 Å². The zero-order chi connectivity index (χ0) is 11.6. The summed E-state index contributed by atoms with van der Waals surface area (Å²) in [5, 5.41) is 0. The van der Waals surface area contributed by atoms with E-state index in [1.54, 1.807) is 0 Å². The second-order valence-corrected chi connectivity index (χ2v) is 4.19. The van der Waals surface area contributed by atoms with E-state index in [1.807, 2.05) is 24.3 Å². The Morgan fingerprint density at radius 1 is 1.06 bits per heavy atom. The van der Waals surface area contributed by atoms with Crippen LogP contribution in [0.4, 0.5) is 5.69 Å². The summed E-state index contributed by atoms with van der Waals surface area (Å²) >= 11 is 0. The van der Waals surface area contributed by atoms with Crippen molar-refractivity contribution in [2.75, 3.05) is 12.3 Å². The molecule has 0 aliphatic heterocycles. The number of hydrogen-bond donors (Lipinski definition) is 1. The fraction of sp³-hybridized carbons (Fsp3) is 0.571. The Labute approximate surface area is 98.8 Å². The number of ether oxygens (including phenoxy) is 1. The molecule has 0 saturated carbocycles. The lowest BCUT2D eigenvalue weighted by molar-refractivity contribution is 0.304. The third kappa shape index (κ3) is 5.64. The van der Waals surface area contributed by atoms with Crippen LogP contribution in [0.25, 0.3) is 0 Å². The van der Waals surface area contributed by atoms with E-state index in [0.717, 1.165) is 24.5 Å². The zero-order valence-electron chi connectivity index (χ0n) is 10.2. The van der Waals surface area contributed by atoms with Crippen LogP contribution >= 0.6 is 0 Å². The standard InChI is InChI=1S/C14H23NO/c1-2-3-4-5-6-7-11-16-14-10-8-9-13(15)12-14/h8-10,12H,2-7,11,15H2,1H3. The Kier molecular flexibility index (Phi) is 6.47. The second kappa shape index (κ2) is 8.03. The molecule has 0 aromatic heterocycles. The van der Waals surface area contributed by atoms with Crippen molar-refractivity contribution in [1.29, 1.82) is 0 Å². The topological polar surface area (TPSA) is 35.2 Å². The molecule has 0 aliphatic carbocycles. The quantitative estimate of drug-likeness (QED) is 0.532. The van der Waals surface area contributed by atoms with Crippen molar-refractivity contribution in [3.8, 4) is 5.75 Å². The summed E-state index contributed by atoms with van der Waals surface area (Å²) in [6, 6.07) is 7.62. The fourth-order valence-corrected chi connectivity index (χ4v) is 1.68. The molecule has 1 rings (SSSR count). The van der Waals surface area contributed by atoms with Gasteiger partial charge >= 0.3 is 0 Å². The summed E-state index contributed by atoms with van der Waals surface area (Å²) in [6.07, 6.45) is 7.75. The van der Waals surface area contributed by atoms with Gasteiger partial charge in [0, 0.05) is 11.8 Å². The Bertz CT molecular complexity index is 286. The van der Waals surface area contributed by atoms with Gasteiger partial charge in [-0.1, -0.05) is 45.1 Å². The average Bonchev–Trinajstić information content (AvgIpc) is 2.28. The molecule has 1 aromatic rings. The Balaban J connectivity index is 2.03. The first-order chi connectivity index (χ1) is 7.83. The van der Waals surface area contributed by atoms with Crippen LogP contribution in [-0.4, -0.2) is 6.61 Å². The molecule has 0 atom stereocenters. The predicted octanol–water partition coefficient (Wildman–Crippen LogP) is 4.01. The van der Waals surface area contributed by atoms with Gasteiger partial charge in [0.2, 0.25) is 0 Å². The summed E-state index contributed by atoms with van der Waals surface area (Å²) in [4.78, 5) is 0. The van der Waals surface area contributed by atoms with Crippen LogP contribution in [0.15, 0.2) is 24.3 Å². The van der Waals surface area contributed by atoms with E-state index in [9.17, 15) is 0 Å². The van der Waals surface area contributed by atoms with Crippen molar-refractivity contribution in [3.05, 3.63) is 24.3 Å². The van der Waals surface area contributed by atoms with Crippen molar-refractivity contribution in [1.82, 2.24) is 0 Å². The molecule has 0 bridgehead atoms. The first-order valence-electron chi connectivity index (χ1n) is 6.31. The lowest BCUT2D eigenvalue weighted by Gasteiger charge is -2.06. The van der Waals surface area contributed by atoms with Gasteiger partial charge < -0.3 is 10.5 Å². The molecule has 0 radical (unpaired) electrons. The van der Waals surface area contributed by atoms with Crippen LogP contribution in [0.2, 0.25) is 0 Å². The minimum atomic E-state index is 0.764. The van der Waals surface area contributed by atoms with Crippen LogP contribution in [0.3, 0.4) is 0 Å². The van der Waals surface area contributed by atoms with Gasteiger partial charge in [0.25, 0.3) is 0 Å². The highest BCUT2D eigenvalue weighted by Gasteiger charge is 1.94. The number of nitrogens with two attached hydrogens (primary N) is 1. The summed E-state index contributed by atoms with van der Waals surface area (Å²) in [7, 11) is 0. The van der Waals surface area contributed by atoms with E-state index < -0.39 is 0 Å². The molecule has 2 nitrogen and oxygen atoms in total. The van der Waals surface area contributed by atoms with E-state index >= 15 is 0 Å². The number of benzene rings is 1. The number of hydrogen-bond acceptors (Lipinski definition) is 2. The minimum Gasteiger partial charge on any atom is -0.494 e. The first kappa shape index (κ1) is 12.9. The van der Waals surface area contributed by atoms with Crippen molar-refractivity contribution < 1.29 is 4.74 Å². The summed E-state index contributed by atoms with van der Waals surface area (Å²) in [5.74, 6) is 0.883. The molecule has 0 heterocycles. The lowest BCUT2D eigenvalue weighted by Crippen LogP contribution is -1.97. The Morgan fingerprint density at radius 3 is 2.56 bits per heavy atom. The van der Waals surface area contributed by atoms with Crippen molar-refractivity contribution in [2.45, 2.75) is 45.4 Å². The van der Waals surface area contributed by atoms with Crippen LogP contribution in [-0.2, 0) is 0 Å². The maximum atomic E-state index is 5.66. The van der Waals surface area contributed by atoms with E-state index in [-0.39, 0.29) is 0 Å². The van der Waals surface area contributed by atoms with Gasteiger partial charge in [-0.25, -0.2) is 0 Å². The van der Waals surface area contributed by atoms with Gasteiger partial charge in [0.05, 0.1) is 6.61 Å². The summed E-state index contributed by atoms with van der Waals surface area (Å²) < 4.78 is 5.61. The van der Waals surface area contributed by atoms with Crippen molar-refractivity contribution >= 4 is 5.69 Å². The Morgan fingerprint density at radius 2 is 1.81 bits per heavy atom. The van der Waals surface area contributed by atoms with Crippen LogP contribution < -0.4 is 10.5 Å². The molecule has 0 unspecified atom stereocenters. The van der Waals surface area contributed by atoms with Gasteiger partial charge in [-0.15, -0.1) is 0 Å². The third-order valence-corrected chi connectivity index (χ3v) is 2.62. The fourth-order valence-electron chi connectivity index (χ4n) is 1.68. The molecule has 2 N–H and O–H groups in total. The largest absolute Gasteiger partial charge is 0.494 e. The Hall–Kier alpha value is -1.18. The van der Waals surface area contributed by atoms with Crippen molar-refractivity contribution in [3.63, 3.8) is 0 Å². The van der Waals surface area contributed by atoms with Gasteiger partial charge in [-0.3, -0.25) is 0 Å². The van der Waals surface area contributed by atoms with Gasteiger partial charge in [0.1, 0.15) is 5.75 Å². The second-order valence-electron chi connectivity index (χ2n) is 4.19. The van der Waals surface area contributed by atoms with Gasteiger partial charge in [-0.05, 0) is 18.6 Å². The third-order valence-electron chi connectivity index (χ3n) is 2.62.